The highest BCUT2D eigenvalue weighted by Crippen LogP contribution is 2.40. The van der Waals surface area contributed by atoms with Gasteiger partial charge in [0.05, 0.1) is 37.5 Å². The maximum Gasteiger partial charge on any atom is 0.326 e. The number of amidine groups is 1. The maximum absolute atomic E-state index is 14.3. The minimum absolute atomic E-state index is 0.0647. The fourth-order valence-electron chi connectivity index (χ4n) is 5.17. The summed E-state index contributed by atoms with van der Waals surface area (Å²) in [5.41, 5.74) is 1.77. The molecule has 1 saturated heterocycles. The molecule has 0 unspecified atom stereocenters. The second-order valence-electron chi connectivity index (χ2n) is 10.0. The van der Waals surface area contributed by atoms with Gasteiger partial charge in [-0.1, -0.05) is 37.1 Å². The summed E-state index contributed by atoms with van der Waals surface area (Å²) >= 11 is 6.23. The van der Waals surface area contributed by atoms with Crippen LogP contribution in [0.4, 0.5) is 4.79 Å². The van der Waals surface area contributed by atoms with E-state index in [-0.39, 0.29) is 30.8 Å². The van der Waals surface area contributed by atoms with Crippen LogP contribution < -0.4 is 9.47 Å². The molecule has 2 amide bonds. The summed E-state index contributed by atoms with van der Waals surface area (Å²) in [6.07, 6.45) is 1.71. The van der Waals surface area contributed by atoms with Crippen molar-refractivity contribution in [3.05, 3.63) is 58.6 Å². The molecule has 1 fully saturated rings. The van der Waals surface area contributed by atoms with Gasteiger partial charge < -0.3 is 19.5 Å². The fourth-order valence-corrected chi connectivity index (χ4v) is 5.30. The Bertz CT molecular complexity index is 1120. The highest BCUT2D eigenvalue weighted by molar-refractivity contribution is 6.30. The molecule has 0 bridgehead atoms. The van der Waals surface area contributed by atoms with E-state index in [0.717, 1.165) is 37.1 Å². The van der Waals surface area contributed by atoms with Crippen molar-refractivity contribution in [3.63, 3.8) is 0 Å². The number of nitrogens with zero attached hydrogens (tertiary/aromatic N) is 4. The maximum atomic E-state index is 14.3. The third-order valence-electron chi connectivity index (χ3n) is 7.01. The van der Waals surface area contributed by atoms with Crippen LogP contribution in [-0.4, -0.2) is 90.3 Å². The molecule has 0 aliphatic carbocycles. The Morgan fingerprint density at radius 3 is 2.45 bits per heavy atom. The third-order valence-corrected chi connectivity index (χ3v) is 7.26. The number of aliphatic hydroxyl groups excluding tert-OH is 1. The van der Waals surface area contributed by atoms with Crippen molar-refractivity contribution in [3.8, 4) is 11.5 Å². The molecule has 0 aromatic heterocycles. The predicted octanol–water partition coefficient (Wildman–Crippen LogP) is 4.84. The van der Waals surface area contributed by atoms with E-state index in [1.54, 1.807) is 7.11 Å². The van der Waals surface area contributed by atoms with E-state index in [4.69, 9.17) is 26.1 Å². The molecule has 2 aromatic carbocycles. The van der Waals surface area contributed by atoms with Crippen molar-refractivity contribution >= 4 is 23.5 Å². The number of benzene rings is 2. The second kappa shape index (κ2) is 12.8. The van der Waals surface area contributed by atoms with Gasteiger partial charge in [-0.15, -0.1) is 0 Å². The van der Waals surface area contributed by atoms with Crippen LogP contribution in [0, 0.1) is 0 Å². The molecule has 38 heavy (non-hydrogen) atoms. The van der Waals surface area contributed by atoms with Gasteiger partial charge in [0, 0.05) is 43.8 Å². The molecule has 0 radical (unpaired) electrons. The number of aliphatic imine (C=N–C) groups is 1. The Morgan fingerprint density at radius 2 is 1.84 bits per heavy atom. The number of carbonyl (C=O) groups is 1. The van der Waals surface area contributed by atoms with Crippen molar-refractivity contribution in [2.24, 2.45) is 4.99 Å². The average Bonchev–Trinajstić information content (AvgIpc) is 3.28. The SMILES string of the molecule is CCC[C@H]1N=C(c2ccc(OC)cc2OC(C)C)N(C(=O)N2CCN(CCO)CC2)[C@H]1c1ccc(Cl)cc1. The molecule has 2 aliphatic heterocycles. The van der Waals surface area contributed by atoms with Crippen molar-refractivity contribution in [2.45, 2.75) is 51.8 Å². The van der Waals surface area contributed by atoms with Gasteiger partial charge >= 0.3 is 6.03 Å². The standard InChI is InChI=1S/C29H39ClN4O4/c1-5-6-25-27(21-7-9-22(30)10-8-21)34(29(36)33-15-13-32(14-16-33)17-18-35)28(31-25)24-12-11-23(37-4)19-26(24)38-20(2)3/h7-12,19-20,25,27,35H,5-6,13-18H2,1-4H3/t25-,27+/m1/s1. The minimum atomic E-state index is -0.265. The molecular weight excluding hydrogens is 504 g/mol. The van der Waals surface area contributed by atoms with E-state index < -0.39 is 0 Å². The Hall–Kier alpha value is -2.81. The van der Waals surface area contributed by atoms with Gasteiger partial charge in [-0.3, -0.25) is 14.8 Å². The zero-order valence-corrected chi connectivity index (χ0v) is 23.5. The predicted molar refractivity (Wildman–Crippen MR) is 151 cm³/mol. The number of hydrogen-bond donors (Lipinski definition) is 1. The molecule has 9 heteroatoms. The van der Waals surface area contributed by atoms with Gasteiger partial charge in [0.1, 0.15) is 17.3 Å². The fraction of sp³-hybridized carbons (Fsp3) is 0.517. The summed E-state index contributed by atoms with van der Waals surface area (Å²) < 4.78 is 11.7. The lowest BCUT2D eigenvalue weighted by Gasteiger charge is -2.39. The van der Waals surface area contributed by atoms with Crippen LogP contribution in [0.15, 0.2) is 47.5 Å². The van der Waals surface area contributed by atoms with Crippen molar-refractivity contribution in [1.29, 1.82) is 0 Å². The number of halogens is 1. The van der Waals surface area contributed by atoms with E-state index in [9.17, 15) is 9.90 Å². The molecule has 2 heterocycles. The van der Waals surface area contributed by atoms with Crippen molar-refractivity contribution in [1.82, 2.24) is 14.7 Å². The molecule has 2 aromatic rings. The van der Waals surface area contributed by atoms with Crippen LogP contribution in [0.3, 0.4) is 0 Å². The lowest BCUT2D eigenvalue weighted by molar-refractivity contribution is 0.107. The zero-order chi connectivity index (χ0) is 27.2. The molecule has 206 valence electrons. The average molecular weight is 543 g/mol. The normalized spacial score (nSPS) is 20.1. The highest BCUT2D eigenvalue weighted by atomic mass is 35.5. The number of β-amino-alcohol motifs (C(OH)–C–C–N with tert-alkyl or cyclic N) is 1. The van der Waals surface area contributed by atoms with Crippen LogP contribution in [0.25, 0.3) is 0 Å². The molecule has 0 spiro atoms. The Kier molecular flexibility index (Phi) is 9.52. The lowest BCUT2D eigenvalue weighted by atomic mass is 9.96. The van der Waals surface area contributed by atoms with Gasteiger partial charge in [0.25, 0.3) is 0 Å². The molecule has 8 nitrogen and oxygen atoms in total. The van der Waals surface area contributed by atoms with E-state index in [2.05, 4.69) is 11.8 Å². The summed E-state index contributed by atoms with van der Waals surface area (Å²) in [5.74, 6) is 1.93. The first kappa shape index (κ1) is 28.2. The number of rotatable bonds is 9. The Labute approximate surface area is 230 Å². The van der Waals surface area contributed by atoms with Crippen molar-refractivity contribution < 1.29 is 19.4 Å². The van der Waals surface area contributed by atoms with Gasteiger partial charge in [-0.2, -0.15) is 0 Å². The summed E-state index contributed by atoms with van der Waals surface area (Å²) in [6.45, 7) is 9.45. The topological polar surface area (TPSA) is 77.8 Å². The number of hydrogen-bond acceptors (Lipinski definition) is 6. The largest absolute Gasteiger partial charge is 0.497 e. The Balaban J connectivity index is 1.78. The third kappa shape index (κ3) is 6.25. The number of aliphatic hydroxyl groups is 1. The number of urea groups is 1. The zero-order valence-electron chi connectivity index (χ0n) is 22.8. The van der Waals surface area contributed by atoms with Gasteiger partial charge in [-0.05, 0) is 50.1 Å². The molecular formula is C29H39ClN4O4. The van der Waals surface area contributed by atoms with E-state index in [1.165, 1.54) is 0 Å². The summed E-state index contributed by atoms with van der Waals surface area (Å²) in [7, 11) is 1.63. The number of methoxy groups -OCH3 is 1. The van der Waals surface area contributed by atoms with Gasteiger partial charge in [0.15, 0.2) is 0 Å². The highest BCUT2D eigenvalue weighted by Gasteiger charge is 2.44. The first-order valence-electron chi connectivity index (χ1n) is 13.5. The van der Waals surface area contributed by atoms with E-state index in [0.29, 0.717) is 42.0 Å². The monoisotopic (exact) mass is 542 g/mol. The van der Waals surface area contributed by atoms with Crippen molar-refractivity contribution in [2.75, 3.05) is 46.4 Å². The first-order valence-corrected chi connectivity index (χ1v) is 13.8. The molecule has 2 aliphatic rings. The molecule has 1 N–H and O–H groups in total. The number of piperazine rings is 1. The summed E-state index contributed by atoms with van der Waals surface area (Å²) in [6, 6.07) is 13.0. The van der Waals surface area contributed by atoms with Crippen LogP contribution in [0.1, 0.15) is 50.8 Å². The lowest BCUT2D eigenvalue weighted by Crippen LogP contribution is -2.54. The Morgan fingerprint density at radius 1 is 1.13 bits per heavy atom. The first-order chi connectivity index (χ1) is 18.4. The quantitative estimate of drug-likeness (QED) is 0.491. The van der Waals surface area contributed by atoms with Crippen LogP contribution in [0.2, 0.25) is 5.02 Å². The molecule has 0 saturated carbocycles. The molecule has 4 rings (SSSR count). The smallest absolute Gasteiger partial charge is 0.326 e. The summed E-state index contributed by atoms with van der Waals surface area (Å²) in [5, 5.41) is 9.99. The number of carbonyl (C=O) groups excluding carboxylic acids is 1. The molecule has 2 atom stereocenters. The van der Waals surface area contributed by atoms with E-state index >= 15 is 0 Å². The summed E-state index contributed by atoms with van der Waals surface area (Å²) in [4.78, 5) is 25.4. The van der Waals surface area contributed by atoms with Crippen LogP contribution >= 0.6 is 11.6 Å². The van der Waals surface area contributed by atoms with Crippen LogP contribution in [-0.2, 0) is 0 Å². The number of ether oxygens (including phenoxy) is 2. The second-order valence-corrected chi connectivity index (χ2v) is 10.5. The van der Waals surface area contributed by atoms with E-state index in [1.807, 2.05) is 66.1 Å². The van der Waals surface area contributed by atoms with Gasteiger partial charge in [-0.25, -0.2) is 4.79 Å². The minimum Gasteiger partial charge on any atom is -0.497 e. The van der Waals surface area contributed by atoms with Gasteiger partial charge in [0.2, 0.25) is 0 Å². The van der Waals surface area contributed by atoms with Crippen LogP contribution in [0.5, 0.6) is 11.5 Å². The number of amides is 2.